The molecule has 0 unspecified atom stereocenters. The molecule has 4 aromatic heterocycles. The first-order valence-corrected chi connectivity index (χ1v) is 15.9. The lowest BCUT2D eigenvalue weighted by molar-refractivity contribution is 0.0459. The number of rotatable bonds is 8. The number of carbonyl (C=O) groups is 2. The third-order valence-corrected chi connectivity index (χ3v) is 9.25. The van der Waals surface area contributed by atoms with E-state index in [4.69, 9.17) is 20.4 Å². The van der Waals surface area contributed by atoms with Crippen molar-refractivity contribution >= 4 is 28.5 Å². The van der Waals surface area contributed by atoms with Crippen molar-refractivity contribution in [1.29, 1.82) is 0 Å². The van der Waals surface area contributed by atoms with E-state index in [1.165, 1.54) is 12.8 Å². The van der Waals surface area contributed by atoms with E-state index in [2.05, 4.69) is 22.0 Å². The number of carbonyl (C=O) groups excluding carboxylic acids is 2. The van der Waals surface area contributed by atoms with Crippen molar-refractivity contribution in [1.82, 2.24) is 29.2 Å². The fourth-order valence-corrected chi connectivity index (χ4v) is 6.40. The SMILES string of the molecule is COc1cc(C(=O)N2CC[C@@H](O)[C@@H](N)C2)cc2nc(-c3cc4ccc([C@@H](C)NC(=O)c5ccccc5)nc4n3CC3CC3)c(C)n12. The molecular formula is C35H39N7O4. The van der Waals surface area contributed by atoms with Gasteiger partial charge in [-0.05, 0) is 75.4 Å². The number of methoxy groups -OCH3 is 1. The van der Waals surface area contributed by atoms with Gasteiger partial charge in [-0.15, -0.1) is 0 Å². The van der Waals surface area contributed by atoms with Gasteiger partial charge in [0.25, 0.3) is 11.8 Å². The third kappa shape index (κ3) is 5.50. The number of ether oxygens (including phenoxy) is 1. The van der Waals surface area contributed by atoms with Crippen molar-refractivity contribution in [3.8, 4) is 17.3 Å². The number of pyridine rings is 2. The van der Waals surface area contributed by atoms with Crippen LogP contribution in [0.2, 0.25) is 0 Å². The molecule has 1 saturated carbocycles. The molecule has 2 fully saturated rings. The summed E-state index contributed by atoms with van der Waals surface area (Å²) in [5, 5.41) is 14.1. The molecule has 46 heavy (non-hydrogen) atoms. The Balaban J connectivity index is 1.26. The zero-order valence-corrected chi connectivity index (χ0v) is 26.3. The smallest absolute Gasteiger partial charge is 0.254 e. The topological polar surface area (TPSA) is 140 Å². The average molecular weight is 622 g/mol. The fraction of sp³-hybridized carbons (Fsp3) is 0.371. The number of aromatic nitrogens is 4. The molecule has 0 radical (unpaired) electrons. The number of piperidine rings is 1. The Bertz CT molecular complexity index is 1950. The van der Waals surface area contributed by atoms with Gasteiger partial charge >= 0.3 is 0 Å². The van der Waals surface area contributed by atoms with Gasteiger partial charge < -0.3 is 30.4 Å². The minimum atomic E-state index is -0.609. The summed E-state index contributed by atoms with van der Waals surface area (Å²) in [6.07, 6.45) is 2.17. The van der Waals surface area contributed by atoms with Crippen LogP contribution in [-0.4, -0.2) is 73.1 Å². The van der Waals surface area contributed by atoms with Gasteiger partial charge in [0.1, 0.15) is 17.0 Å². The van der Waals surface area contributed by atoms with E-state index in [-0.39, 0.29) is 24.4 Å². The number of amides is 2. The van der Waals surface area contributed by atoms with Crippen LogP contribution < -0.4 is 15.8 Å². The van der Waals surface area contributed by atoms with E-state index in [0.717, 1.165) is 40.4 Å². The fourth-order valence-electron chi connectivity index (χ4n) is 6.40. The number of nitrogens with two attached hydrogens (primary N) is 1. The van der Waals surface area contributed by atoms with Gasteiger partial charge in [0.05, 0.1) is 36.3 Å². The van der Waals surface area contributed by atoms with Crippen molar-refractivity contribution in [2.75, 3.05) is 20.2 Å². The first kappa shape index (κ1) is 29.9. The second-order valence-electron chi connectivity index (χ2n) is 12.6. The number of aryl methyl sites for hydroxylation is 1. The number of benzene rings is 1. The van der Waals surface area contributed by atoms with Gasteiger partial charge in [0.15, 0.2) is 5.88 Å². The molecule has 1 aromatic carbocycles. The van der Waals surface area contributed by atoms with Crippen LogP contribution in [0.15, 0.2) is 60.7 Å². The molecule has 1 saturated heterocycles. The Hall–Kier alpha value is -4.74. The van der Waals surface area contributed by atoms with Crippen molar-refractivity contribution in [2.45, 2.75) is 57.8 Å². The van der Waals surface area contributed by atoms with Crippen LogP contribution in [0, 0.1) is 12.8 Å². The summed E-state index contributed by atoms with van der Waals surface area (Å²) >= 11 is 0. The largest absolute Gasteiger partial charge is 0.482 e. The van der Waals surface area contributed by atoms with Gasteiger partial charge in [0, 0.05) is 48.3 Å². The molecule has 11 nitrogen and oxygen atoms in total. The molecule has 4 N–H and O–H groups in total. The lowest BCUT2D eigenvalue weighted by atomic mass is 10.0. The summed E-state index contributed by atoms with van der Waals surface area (Å²) in [5.41, 5.74) is 12.0. The second kappa shape index (κ2) is 11.9. The van der Waals surface area contributed by atoms with Crippen LogP contribution in [0.3, 0.4) is 0 Å². The van der Waals surface area contributed by atoms with E-state index in [1.54, 1.807) is 36.3 Å². The van der Waals surface area contributed by atoms with Crippen molar-refractivity contribution < 1.29 is 19.4 Å². The summed E-state index contributed by atoms with van der Waals surface area (Å²) < 4.78 is 9.95. The minimum Gasteiger partial charge on any atom is -0.482 e. The van der Waals surface area contributed by atoms with E-state index < -0.39 is 12.1 Å². The van der Waals surface area contributed by atoms with E-state index >= 15 is 0 Å². The van der Waals surface area contributed by atoms with Gasteiger partial charge in [-0.3, -0.25) is 14.0 Å². The first-order valence-electron chi connectivity index (χ1n) is 15.9. The summed E-state index contributed by atoms with van der Waals surface area (Å²) in [7, 11) is 1.59. The Morgan fingerprint density at radius 3 is 2.57 bits per heavy atom. The molecule has 0 bridgehead atoms. The highest BCUT2D eigenvalue weighted by molar-refractivity contribution is 5.96. The molecule has 11 heteroatoms. The number of hydrogen-bond donors (Lipinski definition) is 3. The maximum atomic E-state index is 13.5. The Morgan fingerprint density at radius 2 is 1.85 bits per heavy atom. The molecule has 7 rings (SSSR count). The predicted molar refractivity (Wildman–Crippen MR) is 175 cm³/mol. The number of likely N-dealkylation sites (tertiary alicyclic amines) is 1. The van der Waals surface area contributed by atoms with Crippen LogP contribution in [0.1, 0.15) is 64.3 Å². The minimum absolute atomic E-state index is 0.142. The van der Waals surface area contributed by atoms with Crippen LogP contribution in [0.4, 0.5) is 0 Å². The second-order valence-corrected chi connectivity index (χ2v) is 12.6. The van der Waals surface area contributed by atoms with Crippen molar-refractivity contribution in [3.63, 3.8) is 0 Å². The summed E-state index contributed by atoms with van der Waals surface area (Å²) in [6.45, 7) is 5.49. The van der Waals surface area contributed by atoms with Crippen LogP contribution in [0.25, 0.3) is 28.1 Å². The first-order chi connectivity index (χ1) is 22.2. The highest BCUT2D eigenvalue weighted by atomic mass is 16.5. The summed E-state index contributed by atoms with van der Waals surface area (Å²) in [5.74, 6) is 0.766. The molecule has 3 atom stereocenters. The van der Waals surface area contributed by atoms with Crippen molar-refractivity contribution in [2.24, 2.45) is 11.7 Å². The van der Waals surface area contributed by atoms with Crippen LogP contribution >= 0.6 is 0 Å². The van der Waals surface area contributed by atoms with Gasteiger partial charge in [-0.1, -0.05) is 18.2 Å². The molecule has 1 aliphatic heterocycles. The Kier molecular flexibility index (Phi) is 7.74. The standard InChI is InChI=1S/C35H39N7O4/c1-20(37-34(44)23-7-5-4-6-8-23)27-12-11-24-15-28(41(33(24)38-27)18-22-9-10-22)32-21(2)42-30(39-32)16-25(17-31(42)46-3)35(45)40-14-13-29(43)26(36)19-40/h4-8,11-12,15-17,20,22,26,29,43H,9-10,13-14,18-19,36H2,1-3H3,(H,37,44)/t20-,26+,29-/m1/s1. The molecule has 238 valence electrons. The molecule has 1 aliphatic carbocycles. The van der Waals surface area contributed by atoms with Gasteiger partial charge in [0.2, 0.25) is 0 Å². The highest BCUT2D eigenvalue weighted by Gasteiger charge is 2.30. The molecule has 2 aliphatic rings. The maximum absolute atomic E-state index is 13.5. The third-order valence-electron chi connectivity index (χ3n) is 9.25. The Morgan fingerprint density at radius 1 is 1.07 bits per heavy atom. The van der Waals surface area contributed by atoms with E-state index in [1.807, 2.05) is 42.5 Å². The number of aliphatic hydroxyl groups excluding tert-OH is 1. The lowest BCUT2D eigenvalue weighted by Gasteiger charge is -2.34. The van der Waals surface area contributed by atoms with Gasteiger partial charge in [-0.2, -0.15) is 0 Å². The number of nitrogens with zero attached hydrogens (tertiary/aromatic N) is 5. The maximum Gasteiger partial charge on any atom is 0.254 e. The number of aliphatic hydroxyl groups is 1. The zero-order chi connectivity index (χ0) is 32.1. The van der Waals surface area contributed by atoms with Crippen molar-refractivity contribution in [3.05, 3.63) is 83.2 Å². The molecule has 2 amide bonds. The van der Waals surface area contributed by atoms with E-state index in [9.17, 15) is 14.7 Å². The van der Waals surface area contributed by atoms with Crippen LogP contribution in [-0.2, 0) is 6.54 Å². The van der Waals surface area contributed by atoms with Gasteiger partial charge in [-0.25, -0.2) is 9.97 Å². The average Bonchev–Trinajstić information content (AvgIpc) is 3.74. The molecule has 5 aromatic rings. The zero-order valence-electron chi connectivity index (χ0n) is 26.3. The highest BCUT2D eigenvalue weighted by Crippen LogP contribution is 2.37. The molecule has 5 heterocycles. The molecule has 0 spiro atoms. The monoisotopic (exact) mass is 621 g/mol. The predicted octanol–water partition coefficient (Wildman–Crippen LogP) is 4.10. The molecular weight excluding hydrogens is 582 g/mol. The number of nitrogens with one attached hydrogen (secondary N) is 1. The van der Waals surface area contributed by atoms with E-state index in [0.29, 0.717) is 41.5 Å². The summed E-state index contributed by atoms with van der Waals surface area (Å²) in [6, 6.07) is 18.1. The summed E-state index contributed by atoms with van der Waals surface area (Å²) in [4.78, 5) is 38.2. The van der Waals surface area contributed by atoms with Crippen LogP contribution in [0.5, 0.6) is 5.88 Å². The lowest BCUT2D eigenvalue weighted by Crippen LogP contribution is -2.53. The number of hydrogen-bond acceptors (Lipinski definition) is 7. The Labute approximate surface area is 267 Å². The normalized spacial score (nSPS) is 19.0. The number of fused-ring (bicyclic) bond motifs is 2. The quantitative estimate of drug-likeness (QED) is 0.237. The number of imidazole rings is 1.